The lowest BCUT2D eigenvalue weighted by Crippen LogP contribution is -2.37. The summed E-state index contributed by atoms with van der Waals surface area (Å²) in [5.74, 6) is 0.537. The molecule has 0 aliphatic carbocycles. The molecule has 0 saturated carbocycles. The molecule has 0 radical (unpaired) electrons. The van der Waals surface area contributed by atoms with E-state index in [1.54, 1.807) is 31.2 Å². The molecule has 1 rings (SSSR count). The minimum absolute atomic E-state index is 0.146. The molecule has 21 heavy (non-hydrogen) atoms. The molecule has 0 aliphatic rings. The van der Waals surface area contributed by atoms with E-state index >= 15 is 0 Å². The maximum absolute atomic E-state index is 11.8. The molecular formula is C16H23NO4. The van der Waals surface area contributed by atoms with E-state index in [0.29, 0.717) is 23.8 Å². The lowest BCUT2D eigenvalue weighted by Gasteiger charge is -2.15. The van der Waals surface area contributed by atoms with Crippen molar-refractivity contribution >= 4 is 11.9 Å². The van der Waals surface area contributed by atoms with E-state index in [0.717, 1.165) is 6.42 Å². The lowest BCUT2D eigenvalue weighted by atomic mass is 10.1. The number of carbonyl (C=O) groups excluding carboxylic acids is 2. The van der Waals surface area contributed by atoms with E-state index in [4.69, 9.17) is 4.74 Å². The van der Waals surface area contributed by atoms with Gasteiger partial charge in [-0.2, -0.15) is 0 Å². The van der Waals surface area contributed by atoms with Crippen LogP contribution in [0.25, 0.3) is 0 Å². The summed E-state index contributed by atoms with van der Waals surface area (Å²) < 4.78 is 10.2. The van der Waals surface area contributed by atoms with Gasteiger partial charge in [-0.15, -0.1) is 0 Å². The van der Waals surface area contributed by atoms with Crippen LogP contribution < -0.4 is 10.1 Å². The van der Waals surface area contributed by atoms with E-state index in [1.165, 1.54) is 7.11 Å². The van der Waals surface area contributed by atoms with Crippen molar-refractivity contribution in [2.45, 2.75) is 33.3 Å². The van der Waals surface area contributed by atoms with Gasteiger partial charge in [0.1, 0.15) is 5.75 Å². The molecule has 1 amide bonds. The van der Waals surface area contributed by atoms with Crippen molar-refractivity contribution in [3.8, 4) is 5.75 Å². The van der Waals surface area contributed by atoms with Crippen LogP contribution >= 0.6 is 0 Å². The third kappa shape index (κ3) is 5.85. The number of methoxy groups -OCH3 is 1. The highest BCUT2D eigenvalue weighted by Gasteiger charge is 2.14. The zero-order valence-electron chi connectivity index (χ0n) is 13.0. The summed E-state index contributed by atoms with van der Waals surface area (Å²) in [6.07, 6.45) is 0.355. The van der Waals surface area contributed by atoms with Crippen LogP contribution in [0.15, 0.2) is 24.3 Å². The minimum Gasteiger partial charge on any atom is -0.481 e. The summed E-state index contributed by atoms with van der Waals surface area (Å²) in [7, 11) is 1.33. The highest BCUT2D eigenvalue weighted by Crippen LogP contribution is 2.14. The van der Waals surface area contributed by atoms with Gasteiger partial charge in [0, 0.05) is 6.54 Å². The van der Waals surface area contributed by atoms with Crippen molar-refractivity contribution in [2.75, 3.05) is 13.7 Å². The predicted octanol–water partition coefficient (Wildman–Crippen LogP) is 2.40. The quantitative estimate of drug-likeness (QED) is 0.784. The second-order valence-corrected chi connectivity index (χ2v) is 5.25. The summed E-state index contributed by atoms with van der Waals surface area (Å²) in [6, 6.07) is 6.49. The summed E-state index contributed by atoms with van der Waals surface area (Å²) in [5, 5.41) is 2.83. The smallest absolute Gasteiger partial charge is 0.337 e. The summed E-state index contributed by atoms with van der Waals surface area (Å²) in [5.41, 5.74) is 0.443. The van der Waals surface area contributed by atoms with Gasteiger partial charge in [-0.05, 0) is 43.5 Å². The van der Waals surface area contributed by atoms with Crippen molar-refractivity contribution in [3.05, 3.63) is 29.8 Å². The highest BCUT2D eigenvalue weighted by atomic mass is 16.5. The van der Waals surface area contributed by atoms with Crippen molar-refractivity contribution in [1.82, 2.24) is 5.32 Å². The monoisotopic (exact) mass is 293 g/mol. The number of nitrogens with one attached hydrogen (secondary N) is 1. The normalized spacial score (nSPS) is 11.9. The first-order valence-electron chi connectivity index (χ1n) is 7.06. The molecule has 5 nitrogen and oxygen atoms in total. The number of esters is 1. The Morgan fingerprint density at radius 2 is 1.76 bits per heavy atom. The Bertz CT molecular complexity index is 468. The van der Waals surface area contributed by atoms with Gasteiger partial charge in [-0.3, -0.25) is 4.79 Å². The molecule has 1 unspecified atom stereocenters. The highest BCUT2D eigenvalue weighted by molar-refractivity contribution is 5.89. The summed E-state index contributed by atoms with van der Waals surface area (Å²) >= 11 is 0. The van der Waals surface area contributed by atoms with E-state index in [-0.39, 0.29) is 5.91 Å². The maximum atomic E-state index is 11.8. The number of rotatable bonds is 7. The Kier molecular flexibility index (Phi) is 6.72. The molecule has 1 atom stereocenters. The first-order valence-corrected chi connectivity index (χ1v) is 7.06. The number of amides is 1. The second kappa shape index (κ2) is 8.29. The average molecular weight is 293 g/mol. The Hall–Kier alpha value is -2.04. The first-order chi connectivity index (χ1) is 9.93. The van der Waals surface area contributed by atoms with Gasteiger partial charge < -0.3 is 14.8 Å². The third-order valence-corrected chi connectivity index (χ3v) is 2.98. The molecule has 0 aromatic heterocycles. The molecule has 1 N–H and O–H groups in total. The lowest BCUT2D eigenvalue weighted by molar-refractivity contribution is -0.127. The average Bonchev–Trinajstić information content (AvgIpc) is 2.46. The van der Waals surface area contributed by atoms with Crippen LogP contribution in [0.5, 0.6) is 5.75 Å². The Labute approximate surface area is 125 Å². The summed E-state index contributed by atoms with van der Waals surface area (Å²) in [4.78, 5) is 23.1. The molecule has 5 heteroatoms. The third-order valence-electron chi connectivity index (χ3n) is 2.98. The molecular weight excluding hydrogens is 270 g/mol. The SMILES string of the molecule is COC(=O)c1ccc(OC(C)C(=O)NCCC(C)C)cc1. The second-order valence-electron chi connectivity index (χ2n) is 5.25. The Balaban J connectivity index is 2.48. The Morgan fingerprint density at radius 1 is 1.14 bits per heavy atom. The largest absolute Gasteiger partial charge is 0.481 e. The predicted molar refractivity (Wildman–Crippen MR) is 80.3 cm³/mol. The van der Waals surface area contributed by atoms with Crippen LogP contribution in [-0.2, 0) is 9.53 Å². The van der Waals surface area contributed by atoms with Crippen LogP contribution in [0.1, 0.15) is 37.6 Å². The molecule has 1 aromatic rings. The van der Waals surface area contributed by atoms with Crippen molar-refractivity contribution < 1.29 is 19.1 Å². The van der Waals surface area contributed by atoms with Crippen LogP contribution in [0.4, 0.5) is 0 Å². The van der Waals surface area contributed by atoms with Crippen molar-refractivity contribution in [3.63, 3.8) is 0 Å². The molecule has 0 saturated heterocycles. The molecule has 0 fully saturated rings. The van der Waals surface area contributed by atoms with Gasteiger partial charge in [0.05, 0.1) is 12.7 Å². The van der Waals surface area contributed by atoms with Gasteiger partial charge in [0.2, 0.25) is 0 Å². The molecule has 0 aliphatic heterocycles. The topological polar surface area (TPSA) is 64.6 Å². The van der Waals surface area contributed by atoms with Crippen LogP contribution in [0, 0.1) is 5.92 Å². The van der Waals surface area contributed by atoms with Crippen LogP contribution in [-0.4, -0.2) is 31.6 Å². The van der Waals surface area contributed by atoms with E-state index in [1.807, 2.05) is 0 Å². The van der Waals surface area contributed by atoms with E-state index in [2.05, 4.69) is 23.9 Å². The summed E-state index contributed by atoms with van der Waals surface area (Å²) in [6.45, 7) is 6.55. The van der Waals surface area contributed by atoms with Gasteiger partial charge in [-0.1, -0.05) is 13.8 Å². The molecule has 1 aromatic carbocycles. The maximum Gasteiger partial charge on any atom is 0.337 e. The molecule has 0 bridgehead atoms. The fourth-order valence-electron chi connectivity index (χ4n) is 1.67. The van der Waals surface area contributed by atoms with Crippen LogP contribution in [0.3, 0.4) is 0 Å². The van der Waals surface area contributed by atoms with Crippen molar-refractivity contribution in [2.24, 2.45) is 5.92 Å². The number of carbonyl (C=O) groups is 2. The molecule has 116 valence electrons. The zero-order chi connectivity index (χ0) is 15.8. The number of hydrogen-bond donors (Lipinski definition) is 1. The Morgan fingerprint density at radius 3 is 2.29 bits per heavy atom. The van der Waals surface area contributed by atoms with E-state index < -0.39 is 12.1 Å². The fourth-order valence-corrected chi connectivity index (χ4v) is 1.67. The van der Waals surface area contributed by atoms with Crippen LogP contribution in [0.2, 0.25) is 0 Å². The van der Waals surface area contributed by atoms with E-state index in [9.17, 15) is 9.59 Å². The standard InChI is InChI=1S/C16H23NO4/c1-11(2)9-10-17-15(18)12(3)21-14-7-5-13(6-8-14)16(19)20-4/h5-8,11-12H,9-10H2,1-4H3,(H,17,18). The zero-order valence-corrected chi connectivity index (χ0v) is 13.0. The first kappa shape index (κ1) is 17.0. The fraction of sp³-hybridized carbons (Fsp3) is 0.500. The van der Waals surface area contributed by atoms with Gasteiger partial charge in [0.15, 0.2) is 6.10 Å². The minimum atomic E-state index is -0.582. The van der Waals surface area contributed by atoms with Crippen molar-refractivity contribution in [1.29, 1.82) is 0 Å². The van der Waals surface area contributed by atoms with Gasteiger partial charge in [0.25, 0.3) is 5.91 Å². The molecule has 0 heterocycles. The van der Waals surface area contributed by atoms with Gasteiger partial charge in [-0.25, -0.2) is 4.79 Å². The number of benzene rings is 1. The number of hydrogen-bond acceptors (Lipinski definition) is 4. The van der Waals surface area contributed by atoms with Gasteiger partial charge >= 0.3 is 5.97 Å². The molecule has 0 spiro atoms. The number of ether oxygens (including phenoxy) is 2.